The molecule has 3 heterocycles. The number of nitrogens with one attached hydrogen (secondary N) is 2. The van der Waals surface area contributed by atoms with E-state index in [1.807, 2.05) is 4.90 Å². The predicted octanol–water partition coefficient (Wildman–Crippen LogP) is 5.18. The fourth-order valence-electron chi connectivity index (χ4n) is 5.59. The quantitative estimate of drug-likeness (QED) is 0.293. The zero-order valence-electron chi connectivity index (χ0n) is 25.9. The zero-order valence-corrected chi connectivity index (χ0v) is 25.9. The molecule has 0 radical (unpaired) electrons. The van der Waals surface area contributed by atoms with Crippen LogP contribution < -0.4 is 15.4 Å². The molecule has 0 saturated carbocycles. The SMILES string of the molecule is C=CC(=O)N1CC[C@@H](Nc2nccc(Oc3cc(C(=O)Nc4ccc(CN5CCN(CC)CC5)c(C(F)(F)F)c4)ccc3C)n2)C1. The molecule has 2 amide bonds. The highest BCUT2D eigenvalue weighted by molar-refractivity contribution is 6.04. The first kappa shape index (κ1) is 32.9. The molecule has 244 valence electrons. The monoisotopic (exact) mass is 637 g/mol. The van der Waals surface area contributed by atoms with Gasteiger partial charge < -0.3 is 25.2 Å². The number of piperazine rings is 1. The Morgan fingerprint density at radius 3 is 2.54 bits per heavy atom. The highest BCUT2D eigenvalue weighted by atomic mass is 19.4. The number of hydrogen-bond donors (Lipinski definition) is 2. The Hall–Kier alpha value is -4.49. The molecule has 10 nitrogen and oxygen atoms in total. The molecule has 1 aromatic heterocycles. The van der Waals surface area contributed by atoms with Gasteiger partial charge in [0.2, 0.25) is 17.7 Å². The average Bonchev–Trinajstić information content (AvgIpc) is 3.51. The summed E-state index contributed by atoms with van der Waals surface area (Å²) in [7, 11) is 0. The van der Waals surface area contributed by atoms with E-state index in [0.717, 1.165) is 37.7 Å². The molecule has 0 aliphatic carbocycles. The molecule has 3 aromatic rings. The van der Waals surface area contributed by atoms with E-state index >= 15 is 0 Å². The second-order valence-corrected chi connectivity index (χ2v) is 11.5. The van der Waals surface area contributed by atoms with Crippen LogP contribution in [0, 0.1) is 6.92 Å². The van der Waals surface area contributed by atoms with Crippen LogP contribution in [0.5, 0.6) is 11.6 Å². The first-order chi connectivity index (χ1) is 22.0. The number of carbonyl (C=O) groups excluding carboxylic acids is 2. The molecule has 0 unspecified atom stereocenters. The highest BCUT2D eigenvalue weighted by Crippen LogP contribution is 2.35. The highest BCUT2D eigenvalue weighted by Gasteiger charge is 2.34. The molecule has 2 N–H and O–H groups in total. The van der Waals surface area contributed by atoms with Gasteiger partial charge in [0.1, 0.15) is 5.75 Å². The van der Waals surface area contributed by atoms with E-state index in [-0.39, 0.29) is 41.2 Å². The van der Waals surface area contributed by atoms with Gasteiger partial charge in [-0.3, -0.25) is 14.5 Å². The Kier molecular flexibility index (Phi) is 10.2. The van der Waals surface area contributed by atoms with Crippen molar-refractivity contribution in [3.05, 3.63) is 83.6 Å². The van der Waals surface area contributed by atoms with Crippen LogP contribution in [0.4, 0.5) is 24.8 Å². The normalized spacial score (nSPS) is 17.5. The van der Waals surface area contributed by atoms with Gasteiger partial charge in [0, 0.05) is 75.4 Å². The lowest BCUT2D eigenvalue weighted by molar-refractivity contribution is -0.138. The van der Waals surface area contributed by atoms with E-state index in [1.54, 1.807) is 30.0 Å². The third kappa shape index (κ3) is 8.20. The summed E-state index contributed by atoms with van der Waals surface area (Å²) < 4.78 is 48.2. The first-order valence-corrected chi connectivity index (χ1v) is 15.3. The topological polar surface area (TPSA) is 103 Å². The summed E-state index contributed by atoms with van der Waals surface area (Å²) in [6, 6.07) is 10.3. The molecule has 13 heteroatoms. The van der Waals surface area contributed by atoms with Crippen molar-refractivity contribution in [1.29, 1.82) is 0 Å². The van der Waals surface area contributed by atoms with Crippen LogP contribution in [-0.4, -0.2) is 88.3 Å². The largest absolute Gasteiger partial charge is 0.439 e. The smallest absolute Gasteiger partial charge is 0.416 e. The Morgan fingerprint density at radius 2 is 1.83 bits per heavy atom. The summed E-state index contributed by atoms with van der Waals surface area (Å²) >= 11 is 0. The average molecular weight is 638 g/mol. The van der Waals surface area contributed by atoms with Gasteiger partial charge in [-0.05, 0) is 61.4 Å². The molecule has 46 heavy (non-hydrogen) atoms. The van der Waals surface area contributed by atoms with Gasteiger partial charge in [0.25, 0.3) is 5.91 Å². The summed E-state index contributed by atoms with van der Waals surface area (Å²) in [5, 5.41) is 5.82. The van der Waals surface area contributed by atoms with Crippen LogP contribution in [-0.2, 0) is 17.5 Å². The van der Waals surface area contributed by atoms with E-state index in [9.17, 15) is 22.8 Å². The zero-order chi connectivity index (χ0) is 32.8. The van der Waals surface area contributed by atoms with Crippen molar-refractivity contribution in [2.75, 3.05) is 56.4 Å². The number of aryl methyl sites for hydroxylation is 1. The van der Waals surface area contributed by atoms with Crippen LogP contribution in [0.1, 0.15) is 40.4 Å². The Morgan fingerprint density at radius 1 is 1.07 bits per heavy atom. The molecule has 5 rings (SSSR count). The van der Waals surface area contributed by atoms with Crippen molar-refractivity contribution in [2.24, 2.45) is 0 Å². The van der Waals surface area contributed by atoms with Crippen LogP contribution in [0.25, 0.3) is 0 Å². The first-order valence-electron chi connectivity index (χ1n) is 15.3. The number of halogens is 3. The number of rotatable bonds is 10. The minimum Gasteiger partial charge on any atom is -0.439 e. The van der Waals surface area contributed by atoms with Gasteiger partial charge in [0.05, 0.1) is 5.56 Å². The molecule has 2 aromatic carbocycles. The Labute approximate surface area is 266 Å². The van der Waals surface area contributed by atoms with E-state index < -0.39 is 17.6 Å². The molecule has 1 atom stereocenters. The lowest BCUT2D eigenvalue weighted by atomic mass is 10.0. The number of alkyl halides is 3. The number of anilines is 2. The molecular weight excluding hydrogens is 599 g/mol. The molecule has 0 spiro atoms. The lowest BCUT2D eigenvalue weighted by Gasteiger charge is -2.34. The number of hydrogen-bond acceptors (Lipinski definition) is 8. The Balaban J connectivity index is 1.25. The van der Waals surface area contributed by atoms with E-state index in [2.05, 4.69) is 39.0 Å². The van der Waals surface area contributed by atoms with Crippen molar-refractivity contribution in [3.8, 4) is 11.6 Å². The standard InChI is InChI=1S/C33H38F3N7O3/c1-4-30(44)43-13-11-26(21-43)39-32-37-12-10-29(40-32)46-28-18-23(7-6-22(28)3)31(45)38-25-9-8-24(27(19-25)33(34,35)36)20-42-16-14-41(5-2)15-17-42/h4,6-10,12,18-19,26H,1,5,11,13-17,20-21H2,2-3H3,(H,38,45)(H,37,39,40)/t26-/m1/s1. The number of likely N-dealkylation sites (tertiary alicyclic amines) is 1. The number of nitrogens with zero attached hydrogens (tertiary/aromatic N) is 5. The number of amides is 2. The van der Waals surface area contributed by atoms with Gasteiger partial charge in [-0.25, -0.2) is 4.98 Å². The maximum absolute atomic E-state index is 14.1. The number of benzene rings is 2. The van der Waals surface area contributed by atoms with Crippen LogP contribution >= 0.6 is 0 Å². The van der Waals surface area contributed by atoms with Crippen molar-refractivity contribution >= 4 is 23.5 Å². The number of aromatic nitrogens is 2. The molecule has 0 bridgehead atoms. The van der Waals surface area contributed by atoms with Gasteiger partial charge >= 0.3 is 6.18 Å². The summed E-state index contributed by atoms with van der Waals surface area (Å²) in [5.41, 5.74) is 0.393. The summed E-state index contributed by atoms with van der Waals surface area (Å²) in [6.45, 7) is 12.7. The molecular formula is C33H38F3N7O3. The van der Waals surface area contributed by atoms with Gasteiger partial charge in [0.15, 0.2) is 0 Å². The molecule has 2 aliphatic heterocycles. The third-order valence-corrected chi connectivity index (χ3v) is 8.28. The van der Waals surface area contributed by atoms with Crippen LogP contribution in [0.3, 0.4) is 0 Å². The fourth-order valence-corrected chi connectivity index (χ4v) is 5.59. The maximum atomic E-state index is 14.1. The minimum absolute atomic E-state index is 0.0311. The number of likely N-dealkylation sites (N-methyl/N-ethyl adjacent to an activating group) is 1. The summed E-state index contributed by atoms with van der Waals surface area (Å²) in [4.78, 5) is 39.7. The molecule has 2 fully saturated rings. The lowest BCUT2D eigenvalue weighted by Crippen LogP contribution is -2.45. The van der Waals surface area contributed by atoms with Gasteiger partial charge in [-0.1, -0.05) is 25.6 Å². The Bertz CT molecular complexity index is 1570. The number of ether oxygens (including phenoxy) is 1. The van der Waals surface area contributed by atoms with Crippen molar-refractivity contribution in [2.45, 2.75) is 39.0 Å². The second kappa shape index (κ2) is 14.3. The summed E-state index contributed by atoms with van der Waals surface area (Å²) in [5.74, 6) is 0.212. The van der Waals surface area contributed by atoms with Gasteiger partial charge in [-0.2, -0.15) is 18.2 Å². The third-order valence-electron chi connectivity index (χ3n) is 8.28. The second-order valence-electron chi connectivity index (χ2n) is 11.5. The van der Waals surface area contributed by atoms with Crippen LogP contribution in [0.2, 0.25) is 0 Å². The van der Waals surface area contributed by atoms with E-state index in [4.69, 9.17) is 4.74 Å². The predicted molar refractivity (Wildman–Crippen MR) is 169 cm³/mol. The molecule has 2 saturated heterocycles. The van der Waals surface area contributed by atoms with E-state index in [0.29, 0.717) is 37.9 Å². The summed E-state index contributed by atoms with van der Waals surface area (Å²) in [6.07, 6.45) is -1.02. The molecule has 2 aliphatic rings. The van der Waals surface area contributed by atoms with Gasteiger partial charge in [-0.15, -0.1) is 0 Å². The maximum Gasteiger partial charge on any atom is 0.416 e. The number of carbonyl (C=O) groups is 2. The van der Waals surface area contributed by atoms with Crippen molar-refractivity contribution in [3.63, 3.8) is 0 Å². The van der Waals surface area contributed by atoms with E-state index in [1.165, 1.54) is 30.5 Å². The van der Waals surface area contributed by atoms with Crippen molar-refractivity contribution in [1.82, 2.24) is 24.7 Å². The minimum atomic E-state index is -4.57. The van der Waals surface area contributed by atoms with Crippen LogP contribution in [0.15, 0.2) is 61.3 Å². The van der Waals surface area contributed by atoms with Crippen molar-refractivity contribution < 1.29 is 27.5 Å². The fraction of sp³-hybridized carbons (Fsp3) is 0.394.